The van der Waals surface area contributed by atoms with Gasteiger partial charge in [0.25, 0.3) is 0 Å². The summed E-state index contributed by atoms with van der Waals surface area (Å²) in [6.07, 6.45) is 3.36. The fourth-order valence-electron chi connectivity index (χ4n) is 4.31. The van der Waals surface area contributed by atoms with Crippen LogP contribution in [0, 0.1) is 11.2 Å². The Bertz CT molecular complexity index is 684. The molecule has 3 aliphatic rings. The summed E-state index contributed by atoms with van der Waals surface area (Å²) in [4.78, 5) is 24.4. The first-order chi connectivity index (χ1) is 12.6. The number of piperidine rings is 2. The first-order valence-electron chi connectivity index (χ1n) is 9.17. The van der Waals surface area contributed by atoms with E-state index in [9.17, 15) is 14.3 Å². The molecule has 0 aromatic carbocycles. The molecule has 0 amide bonds. The molecule has 8 nitrogen and oxygen atoms in total. The van der Waals surface area contributed by atoms with Gasteiger partial charge in [0.05, 0.1) is 19.4 Å². The Morgan fingerprint density at radius 1 is 1.35 bits per heavy atom. The maximum Gasteiger partial charge on any atom is 0.313 e. The summed E-state index contributed by atoms with van der Waals surface area (Å²) in [6.45, 7) is 4.09. The molecule has 0 spiro atoms. The molecule has 0 bridgehead atoms. The number of anilines is 2. The highest BCUT2D eigenvalue weighted by Crippen LogP contribution is 2.39. The van der Waals surface area contributed by atoms with Crippen molar-refractivity contribution in [2.24, 2.45) is 5.41 Å². The van der Waals surface area contributed by atoms with Crippen LogP contribution in [0.15, 0.2) is 6.20 Å². The van der Waals surface area contributed by atoms with Gasteiger partial charge < -0.3 is 25.0 Å². The molecular weight excluding hydrogens is 341 g/mol. The van der Waals surface area contributed by atoms with Crippen molar-refractivity contribution in [2.45, 2.75) is 25.3 Å². The number of hydrogen-bond donors (Lipinski definition) is 2. The van der Waals surface area contributed by atoms with Crippen molar-refractivity contribution in [3.05, 3.63) is 12.0 Å². The molecule has 2 N–H and O–H groups in total. The molecule has 3 saturated heterocycles. The van der Waals surface area contributed by atoms with Gasteiger partial charge in [-0.3, -0.25) is 4.79 Å². The molecular formula is C17H24FN5O3. The minimum atomic E-state index is -0.840. The molecule has 26 heavy (non-hydrogen) atoms. The molecule has 0 aliphatic carbocycles. The molecule has 0 saturated carbocycles. The lowest BCUT2D eigenvalue weighted by molar-refractivity contribution is -0.153. The quantitative estimate of drug-likeness (QED) is 0.800. The standard InChI is InChI=1S/C17H24FN5O3/c18-12-10-20-16(21-14(12)22-6-8-26-9-7-22)23-5-2-13-17(11-23,15(24)25)3-1-4-19-13/h10,13,19H,1-9,11H2,(H,24,25)/t13-,17+/m1/s1. The van der Waals surface area contributed by atoms with Crippen LogP contribution in [0.2, 0.25) is 0 Å². The third-order valence-electron chi connectivity index (χ3n) is 5.75. The first kappa shape index (κ1) is 17.4. The molecule has 3 aliphatic heterocycles. The van der Waals surface area contributed by atoms with Crippen LogP contribution in [-0.2, 0) is 9.53 Å². The van der Waals surface area contributed by atoms with E-state index in [0.717, 1.165) is 13.0 Å². The number of rotatable bonds is 3. The van der Waals surface area contributed by atoms with E-state index in [0.29, 0.717) is 58.2 Å². The second-order valence-electron chi connectivity index (χ2n) is 7.22. The number of aliphatic carboxylic acids is 1. The summed E-state index contributed by atoms with van der Waals surface area (Å²) in [6, 6.07) is -0.0378. The number of carbonyl (C=O) groups is 1. The van der Waals surface area contributed by atoms with E-state index in [1.54, 1.807) is 0 Å². The monoisotopic (exact) mass is 365 g/mol. The predicted octanol–water partition coefficient (Wildman–Crippen LogP) is 0.485. The van der Waals surface area contributed by atoms with Gasteiger partial charge in [-0.1, -0.05) is 0 Å². The number of halogens is 1. The van der Waals surface area contributed by atoms with E-state index in [2.05, 4.69) is 15.3 Å². The van der Waals surface area contributed by atoms with Crippen LogP contribution in [0.5, 0.6) is 0 Å². The highest BCUT2D eigenvalue weighted by molar-refractivity contribution is 5.77. The molecule has 1 aromatic rings. The molecule has 0 unspecified atom stereocenters. The molecule has 9 heteroatoms. The summed E-state index contributed by atoms with van der Waals surface area (Å²) in [5.74, 6) is -0.572. The molecule has 2 atom stereocenters. The summed E-state index contributed by atoms with van der Waals surface area (Å²) in [5, 5.41) is 13.3. The van der Waals surface area contributed by atoms with Crippen LogP contribution in [0.1, 0.15) is 19.3 Å². The minimum Gasteiger partial charge on any atom is -0.481 e. The van der Waals surface area contributed by atoms with Gasteiger partial charge in [-0.25, -0.2) is 9.37 Å². The first-order valence-corrected chi connectivity index (χ1v) is 9.17. The second-order valence-corrected chi connectivity index (χ2v) is 7.22. The van der Waals surface area contributed by atoms with E-state index in [4.69, 9.17) is 4.74 Å². The molecule has 4 heterocycles. The van der Waals surface area contributed by atoms with Gasteiger partial charge >= 0.3 is 5.97 Å². The van der Waals surface area contributed by atoms with Crippen molar-refractivity contribution in [1.82, 2.24) is 15.3 Å². The lowest BCUT2D eigenvalue weighted by atomic mass is 9.70. The van der Waals surface area contributed by atoms with Gasteiger partial charge in [-0.15, -0.1) is 0 Å². The van der Waals surface area contributed by atoms with Crippen LogP contribution in [0.4, 0.5) is 16.2 Å². The second kappa shape index (κ2) is 6.96. The fourth-order valence-corrected chi connectivity index (χ4v) is 4.31. The van der Waals surface area contributed by atoms with Gasteiger partial charge in [-0.05, 0) is 25.8 Å². The maximum absolute atomic E-state index is 14.3. The smallest absolute Gasteiger partial charge is 0.313 e. The van der Waals surface area contributed by atoms with Gasteiger partial charge in [-0.2, -0.15) is 4.98 Å². The zero-order valence-corrected chi connectivity index (χ0v) is 14.7. The number of carboxylic acid groups (broad SMARTS) is 1. The van der Waals surface area contributed by atoms with E-state index in [-0.39, 0.29) is 11.9 Å². The zero-order valence-electron chi connectivity index (χ0n) is 14.7. The number of hydrogen-bond acceptors (Lipinski definition) is 7. The highest BCUT2D eigenvalue weighted by Gasteiger charge is 2.51. The van der Waals surface area contributed by atoms with Crippen molar-refractivity contribution in [3.8, 4) is 0 Å². The van der Waals surface area contributed by atoms with Gasteiger partial charge in [0.15, 0.2) is 11.6 Å². The number of fused-ring (bicyclic) bond motifs is 1. The van der Waals surface area contributed by atoms with Crippen LogP contribution in [0.3, 0.4) is 0 Å². The van der Waals surface area contributed by atoms with Crippen molar-refractivity contribution in [2.75, 3.05) is 55.7 Å². The number of carboxylic acids is 1. The number of aromatic nitrogens is 2. The van der Waals surface area contributed by atoms with Gasteiger partial charge in [0.2, 0.25) is 5.95 Å². The van der Waals surface area contributed by atoms with Gasteiger partial charge in [0, 0.05) is 32.2 Å². The molecule has 1 aromatic heterocycles. The Labute approximate surface area is 151 Å². The molecule has 0 radical (unpaired) electrons. The Morgan fingerprint density at radius 2 is 2.15 bits per heavy atom. The largest absolute Gasteiger partial charge is 0.481 e. The lowest BCUT2D eigenvalue weighted by Gasteiger charge is -2.48. The van der Waals surface area contributed by atoms with E-state index >= 15 is 0 Å². The fraction of sp³-hybridized carbons (Fsp3) is 0.706. The summed E-state index contributed by atoms with van der Waals surface area (Å²) < 4.78 is 19.6. The molecule has 3 fully saturated rings. The number of nitrogens with one attached hydrogen (secondary N) is 1. The SMILES string of the molecule is O=C(O)[C@]12CCCN[C@@H]1CCN(c1ncc(F)c(N3CCOCC3)n1)C2. The van der Waals surface area contributed by atoms with Crippen molar-refractivity contribution < 1.29 is 19.0 Å². The lowest BCUT2D eigenvalue weighted by Crippen LogP contribution is -2.63. The highest BCUT2D eigenvalue weighted by atomic mass is 19.1. The Hall–Kier alpha value is -2.00. The summed E-state index contributed by atoms with van der Waals surface area (Å²) in [7, 11) is 0. The van der Waals surface area contributed by atoms with Crippen LogP contribution in [0.25, 0.3) is 0 Å². The minimum absolute atomic E-state index is 0.0378. The predicted molar refractivity (Wildman–Crippen MR) is 92.9 cm³/mol. The average molecular weight is 365 g/mol. The van der Waals surface area contributed by atoms with E-state index in [1.165, 1.54) is 6.20 Å². The molecule has 4 rings (SSSR count). The van der Waals surface area contributed by atoms with E-state index < -0.39 is 17.2 Å². The van der Waals surface area contributed by atoms with Crippen LogP contribution < -0.4 is 15.1 Å². The topological polar surface area (TPSA) is 90.8 Å². The van der Waals surface area contributed by atoms with Crippen LogP contribution >= 0.6 is 0 Å². The van der Waals surface area contributed by atoms with Crippen LogP contribution in [-0.4, -0.2) is 73.0 Å². The third kappa shape index (κ3) is 2.99. The normalized spacial score (nSPS) is 29.3. The van der Waals surface area contributed by atoms with Gasteiger partial charge in [0.1, 0.15) is 5.41 Å². The average Bonchev–Trinajstić information content (AvgIpc) is 2.68. The maximum atomic E-state index is 14.3. The van der Waals surface area contributed by atoms with Crippen molar-refractivity contribution in [1.29, 1.82) is 0 Å². The Balaban J connectivity index is 1.60. The Morgan fingerprint density at radius 3 is 2.92 bits per heavy atom. The zero-order chi connectivity index (χ0) is 18.1. The molecule has 142 valence electrons. The van der Waals surface area contributed by atoms with Crippen molar-refractivity contribution >= 4 is 17.7 Å². The number of nitrogens with zero attached hydrogens (tertiary/aromatic N) is 4. The summed E-state index contributed by atoms with van der Waals surface area (Å²) in [5.41, 5.74) is -0.840. The van der Waals surface area contributed by atoms with E-state index in [1.807, 2.05) is 9.80 Å². The third-order valence-corrected chi connectivity index (χ3v) is 5.75. The van der Waals surface area contributed by atoms with Crippen molar-refractivity contribution in [3.63, 3.8) is 0 Å². The number of ether oxygens (including phenoxy) is 1. The number of morpholine rings is 1. The Kier molecular flexibility index (Phi) is 4.66. The summed E-state index contributed by atoms with van der Waals surface area (Å²) >= 11 is 0.